The van der Waals surface area contributed by atoms with Gasteiger partial charge in [-0.15, -0.1) is 0 Å². The number of hydrogen-bond acceptors (Lipinski definition) is 5. The first-order valence-electron chi connectivity index (χ1n) is 13.0. The normalized spacial score (nSPS) is 11.8. The molecule has 0 heterocycles. The Bertz CT molecular complexity index is 602. The van der Waals surface area contributed by atoms with Crippen molar-refractivity contribution in [1.82, 2.24) is 0 Å². The Labute approximate surface area is 201 Å². The molecule has 188 valence electrons. The van der Waals surface area contributed by atoms with Crippen LogP contribution < -0.4 is 0 Å². The van der Waals surface area contributed by atoms with Crippen LogP contribution in [0.3, 0.4) is 0 Å². The number of ether oxygens (including phenoxy) is 3. The van der Waals surface area contributed by atoms with Crippen LogP contribution in [0.1, 0.15) is 108 Å². The summed E-state index contributed by atoms with van der Waals surface area (Å²) in [5, 5.41) is 0. The van der Waals surface area contributed by atoms with Crippen LogP contribution in [0, 0.1) is 0 Å². The molecule has 5 heteroatoms. The number of carbonyl (C=O) groups is 2. The van der Waals surface area contributed by atoms with E-state index in [0.717, 1.165) is 64.2 Å². The van der Waals surface area contributed by atoms with Gasteiger partial charge in [-0.3, -0.25) is 9.59 Å². The SMILES string of the molecule is CCCCCCOC(=O)CCCCCCCCC(=O)OCCC(CCOC)c1ccccc1. The van der Waals surface area contributed by atoms with Crippen LogP contribution in [-0.4, -0.2) is 38.9 Å². The zero-order valence-electron chi connectivity index (χ0n) is 21.0. The fraction of sp³-hybridized carbons (Fsp3) is 0.714. The Balaban J connectivity index is 1.99. The van der Waals surface area contributed by atoms with Gasteiger partial charge in [-0.25, -0.2) is 0 Å². The third-order valence-electron chi connectivity index (χ3n) is 5.94. The van der Waals surface area contributed by atoms with Gasteiger partial charge in [-0.05, 0) is 43.6 Å². The van der Waals surface area contributed by atoms with Gasteiger partial charge in [-0.1, -0.05) is 82.2 Å². The minimum Gasteiger partial charge on any atom is -0.466 e. The average molecular weight is 463 g/mol. The zero-order chi connectivity index (χ0) is 24.0. The third kappa shape index (κ3) is 16.4. The van der Waals surface area contributed by atoms with E-state index in [1.807, 2.05) is 18.2 Å². The summed E-state index contributed by atoms with van der Waals surface area (Å²) < 4.78 is 16.0. The molecular weight excluding hydrogens is 416 g/mol. The molecule has 0 spiro atoms. The fourth-order valence-corrected chi connectivity index (χ4v) is 3.88. The van der Waals surface area contributed by atoms with Crippen molar-refractivity contribution in [2.75, 3.05) is 26.9 Å². The van der Waals surface area contributed by atoms with Crippen LogP contribution in [0.2, 0.25) is 0 Å². The van der Waals surface area contributed by atoms with E-state index >= 15 is 0 Å². The first-order chi connectivity index (χ1) is 16.2. The summed E-state index contributed by atoms with van der Waals surface area (Å²) in [6, 6.07) is 10.4. The minimum atomic E-state index is -0.102. The van der Waals surface area contributed by atoms with Gasteiger partial charge in [0, 0.05) is 26.6 Å². The van der Waals surface area contributed by atoms with Gasteiger partial charge < -0.3 is 14.2 Å². The zero-order valence-corrected chi connectivity index (χ0v) is 21.0. The number of benzene rings is 1. The van der Waals surface area contributed by atoms with Crippen molar-refractivity contribution in [3.8, 4) is 0 Å². The summed E-state index contributed by atoms with van der Waals surface area (Å²) in [5.41, 5.74) is 1.27. The van der Waals surface area contributed by atoms with Gasteiger partial charge in [0.15, 0.2) is 0 Å². The summed E-state index contributed by atoms with van der Waals surface area (Å²) in [5.74, 6) is 0.179. The Hall–Kier alpha value is -1.88. The lowest BCUT2D eigenvalue weighted by Crippen LogP contribution is -2.10. The molecule has 0 amide bonds. The predicted octanol–water partition coefficient (Wildman–Crippen LogP) is 6.98. The van der Waals surface area contributed by atoms with Gasteiger partial charge in [-0.2, -0.15) is 0 Å². The standard InChI is InChI=1S/C28H46O5/c1-3-4-5-15-22-32-27(29)18-13-8-6-7-9-14-19-28(30)33-24-21-26(20-23-31-2)25-16-11-10-12-17-25/h10-12,16-17,26H,3-9,13-15,18-24H2,1-2H3. The Morgan fingerprint density at radius 1 is 0.697 bits per heavy atom. The molecule has 1 atom stereocenters. The summed E-state index contributed by atoms with van der Waals surface area (Å²) in [4.78, 5) is 23.7. The lowest BCUT2D eigenvalue weighted by atomic mass is 9.93. The van der Waals surface area contributed by atoms with Gasteiger partial charge >= 0.3 is 11.9 Å². The smallest absolute Gasteiger partial charge is 0.305 e. The van der Waals surface area contributed by atoms with E-state index in [1.54, 1.807) is 7.11 Å². The van der Waals surface area contributed by atoms with Gasteiger partial charge in [0.1, 0.15) is 0 Å². The Kier molecular flexibility index (Phi) is 18.3. The highest BCUT2D eigenvalue weighted by Gasteiger charge is 2.12. The van der Waals surface area contributed by atoms with Crippen molar-refractivity contribution < 1.29 is 23.8 Å². The minimum absolute atomic E-state index is 0.0639. The predicted molar refractivity (Wildman–Crippen MR) is 133 cm³/mol. The maximum Gasteiger partial charge on any atom is 0.305 e. The molecule has 0 saturated heterocycles. The molecule has 1 rings (SSSR count). The van der Waals surface area contributed by atoms with Gasteiger partial charge in [0.25, 0.3) is 0 Å². The molecule has 1 aromatic carbocycles. The van der Waals surface area contributed by atoms with E-state index in [4.69, 9.17) is 14.2 Å². The van der Waals surface area contributed by atoms with Crippen LogP contribution >= 0.6 is 0 Å². The molecule has 0 saturated carbocycles. The molecule has 0 N–H and O–H groups in total. The number of carbonyl (C=O) groups excluding carboxylic acids is 2. The maximum absolute atomic E-state index is 12.0. The molecular formula is C28H46O5. The van der Waals surface area contributed by atoms with Crippen LogP contribution in [-0.2, 0) is 23.8 Å². The molecule has 5 nitrogen and oxygen atoms in total. The molecule has 0 aliphatic heterocycles. The largest absolute Gasteiger partial charge is 0.466 e. The Morgan fingerprint density at radius 2 is 1.24 bits per heavy atom. The number of rotatable bonds is 21. The molecule has 0 aliphatic rings. The van der Waals surface area contributed by atoms with Crippen LogP contribution in [0.5, 0.6) is 0 Å². The molecule has 0 fully saturated rings. The van der Waals surface area contributed by atoms with E-state index in [0.29, 0.717) is 38.6 Å². The lowest BCUT2D eigenvalue weighted by Gasteiger charge is -2.17. The summed E-state index contributed by atoms with van der Waals surface area (Å²) in [7, 11) is 1.71. The molecule has 0 bridgehead atoms. The average Bonchev–Trinajstić information content (AvgIpc) is 2.83. The van der Waals surface area contributed by atoms with Crippen molar-refractivity contribution >= 4 is 11.9 Å². The van der Waals surface area contributed by atoms with Crippen molar-refractivity contribution in [3.63, 3.8) is 0 Å². The fourth-order valence-electron chi connectivity index (χ4n) is 3.88. The Morgan fingerprint density at radius 3 is 1.85 bits per heavy atom. The van der Waals surface area contributed by atoms with Crippen LogP contribution in [0.25, 0.3) is 0 Å². The van der Waals surface area contributed by atoms with Crippen molar-refractivity contribution in [2.24, 2.45) is 0 Å². The first-order valence-corrected chi connectivity index (χ1v) is 13.0. The highest BCUT2D eigenvalue weighted by atomic mass is 16.5. The second kappa shape index (κ2) is 20.7. The second-order valence-electron chi connectivity index (χ2n) is 8.80. The monoisotopic (exact) mass is 462 g/mol. The van der Waals surface area contributed by atoms with E-state index < -0.39 is 0 Å². The highest BCUT2D eigenvalue weighted by Crippen LogP contribution is 2.23. The highest BCUT2D eigenvalue weighted by molar-refractivity contribution is 5.69. The molecule has 33 heavy (non-hydrogen) atoms. The number of methoxy groups -OCH3 is 1. The van der Waals surface area contributed by atoms with E-state index in [-0.39, 0.29) is 11.9 Å². The second-order valence-corrected chi connectivity index (χ2v) is 8.80. The molecule has 0 radical (unpaired) electrons. The van der Waals surface area contributed by atoms with Gasteiger partial charge in [0.2, 0.25) is 0 Å². The summed E-state index contributed by atoms with van der Waals surface area (Å²) in [6.45, 7) is 3.89. The maximum atomic E-state index is 12.0. The third-order valence-corrected chi connectivity index (χ3v) is 5.94. The lowest BCUT2D eigenvalue weighted by molar-refractivity contribution is -0.145. The quantitative estimate of drug-likeness (QED) is 0.146. The molecule has 0 aromatic heterocycles. The van der Waals surface area contributed by atoms with E-state index in [2.05, 4.69) is 19.1 Å². The van der Waals surface area contributed by atoms with Gasteiger partial charge in [0.05, 0.1) is 13.2 Å². The van der Waals surface area contributed by atoms with E-state index in [1.165, 1.54) is 18.4 Å². The number of unbranched alkanes of at least 4 members (excludes halogenated alkanes) is 8. The number of hydrogen-bond donors (Lipinski definition) is 0. The first kappa shape index (κ1) is 29.2. The van der Waals surface area contributed by atoms with Crippen LogP contribution in [0.15, 0.2) is 30.3 Å². The van der Waals surface area contributed by atoms with Crippen LogP contribution in [0.4, 0.5) is 0 Å². The van der Waals surface area contributed by atoms with Crippen molar-refractivity contribution in [1.29, 1.82) is 0 Å². The van der Waals surface area contributed by atoms with Crippen molar-refractivity contribution in [2.45, 2.75) is 103 Å². The molecule has 1 unspecified atom stereocenters. The topological polar surface area (TPSA) is 61.8 Å². The molecule has 0 aliphatic carbocycles. The molecule has 1 aromatic rings. The summed E-state index contributed by atoms with van der Waals surface area (Å²) >= 11 is 0. The summed E-state index contributed by atoms with van der Waals surface area (Å²) in [6.07, 6.45) is 13.3. The van der Waals surface area contributed by atoms with Crippen molar-refractivity contribution in [3.05, 3.63) is 35.9 Å². The number of esters is 2. The van der Waals surface area contributed by atoms with E-state index in [9.17, 15) is 9.59 Å².